The van der Waals surface area contributed by atoms with Gasteiger partial charge in [-0.2, -0.15) is 0 Å². The molecule has 5 nitrogen and oxygen atoms in total. The molecule has 0 amide bonds. The van der Waals surface area contributed by atoms with Crippen LogP contribution in [-0.4, -0.2) is 15.0 Å². The minimum absolute atomic E-state index is 0.0601. The topological polar surface area (TPSA) is 65.0 Å². The van der Waals surface area contributed by atoms with Crippen LogP contribution in [0.25, 0.3) is 123 Å². The van der Waals surface area contributed by atoms with Gasteiger partial charge in [0, 0.05) is 38.2 Å². The van der Waals surface area contributed by atoms with Crippen molar-refractivity contribution in [2.45, 2.75) is 5.41 Å². The molecule has 0 N–H and O–H groups in total. The van der Waals surface area contributed by atoms with Crippen molar-refractivity contribution in [1.82, 2.24) is 15.0 Å². The number of nitrogens with zero attached hydrogens (tertiary/aromatic N) is 3. The third-order valence-electron chi connectivity index (χ3n) is 14.0. The highest BCUT2D eigenvalue weighted by molar-refractivity contribution is 6.17. The molecular formula is C64H37N3O2. The molecule has 0 unspecified atom stereocenters. The Kier molecular flexibility index (Phi) is 6.15. The standard InChI is InChI=1S/C64H37N3O2/c1-3-16-38(17-4-1)61-65-62(39-18-5-2-6-19-39)67-63(66-61)47-25-15-31-57-60(47)49-37-41(33-35-55(49)69-57)43-24-14-30-56-59(43)48-36-40(32-34-54(48)68-56)42-23-13-29-53-58(42)46-22-9-12-28-52(46)64(53)50-26-10-7-20-44(50)45-21-8-11-27-51(45)64/h1-37H/i1D,2D,3D,4D,5D,6D,16D,17D,18D,19D. The number of hydrogen-bond donors (Lipinski definition) is 0. The van der Waals surface area contributed by atoms with E-state index in [0.29, 0.717) is 33.1 Å². The van der Waals surface area contributed by atoms with Gasteiger partial charge in [0.1, 0.15) is 22.3 Å². The Labute approximate surface area is 410 Å². The van der Waals surface area contributed by atoms with Crippen molar-refractivity contribution in [1.29, 1.82) is 0 Å². The first kappa shape index (κ1) is 29.4. The third kappa shape index (κ3) is 5.38. The summed E-state index contributed by atoms with van der Waals surface area (Å²) in [6.07, 6.45) is 0. The summed E-state index contributed by atoms with van der Waals surface area (Å²) in [5.41, 5.74) is 15.5. The van der Waals surface area contributed by atoms with Gasteiger partial charge < -0.3 is 8.83 Å². The Morgan fingerprint density at radius 1 is 0.333 bits per heavy atom. The van der Waals surface area contributed by atoms with Crippen molar-refractivity contribution >= 4 is 43.9 Å². The average molecular weight is 890 g/mol. The predicted octanol–water partition coefficient (Wildman–Crippen LogP) is 16.3. The van der Waals surface area contributed by atoms with E-state index in [1.807, 2.05) is 30.3 Å². The average Bonchev–Trinajstić information content (AvgIpc) is 2.34. The number of aromatic nitrogens is 3. The molecule has 0 aliphatic heterocycles. The van der Waals surface area contributed by atoms with Gasteiger partial charge >= 0.3 is 0 Å². The van der Waals surface area contributed by atoms with E-state index in [1.165, 1.54) is 44.5 Å². The summed E-state index contributed by atoms with van der Waals surface area (Å²) in [5.74, 6) is -0.772. The van der Waals surface area contributed by atoms with Gasteiger partial charge in [-0.25, -0.2) is 15.0 Å². The van der Waals surface area contributed by atoms with E-state index in [1.54, 1.807) is 18.2 Å². The van der Waals surface area contributed by atoms with Gasteiger partial charge in [0.05, 0.1) is 19.1 Å². The summed E-state index contributed by atoms with van der Waals surface area (Å²) >= 11 is 0. The van der Waals surface area contributed by atoms with Crippen LogP contribution >= 0.6 is 0 Å². The van der Waals surface area contributed by atoms with E-state index >= 15 is 0 Å². The van der Waals surface area contributed by atoms with E-state index in [0.717, 1.165) is 38.6 Å². The van der Waals surface area contributed by atoms with Crippen molar-refractivity contribution in [2.75, 3.05) is 0 Å². The fraction of sp³-hybridized carbons (Fsp3) is 0.0156. The molecule has 3 aromatic heterocycles. The number of benzene rings is 10. The molecule has 2 aliphatic rings. The molecule has 15 rings (SSSR count). The smallest absolute Gasteiger partial charge is 0.164 e. The Morgan fingerprint density at radius 3 is 1.36 bits per heavy atom. The van der Waals surface area contributed by atoms with E-state index in [2.05, 4.69) is 120 Å². The molecule has 0 saturated heterocycles. The van der Waals surface area contributed by atoms with E-state index < -0.39 is 65.8 Å². The van der Waals surface area contributed by atoms with Crippen molar-refractivity contribution in [3.8, 4) is 78.7 Å². The molecule has 0 bridgehead atoms. The Balaban J connectivity index is 0.917. The molecule has 2 aliphatic carbocycles. The molecule has 69 heavy (non-hydrogen) atoms. The Morgan fingerprint density at radius 2 is 0.768 bits per heavy atom. The normalized spacial score (nSPS) is 15.1. The minimum atomic E-state index is -0.626. The molecule has 0 atom stereocenters. The van der Waals surface area contributed by atoms with Crippen molar-refractivity contribution in [2.24, 2.45) is 0 Å². The summed E-state index contributed by atoms with van der Waals surface area (Å²) < 4.78 is 98.9. The highest BCUT2D eigenvalue weighted by atomic mass is 16.3. The van der Waals surface area contributed by atoms with Crippen LogP contribution in [0.3, 0.4) is 0 Å². The van der Waals surface area contributed by atoms with E-state index in [-0.39, 0.29) is 28.6 Å². The summed E-state index contributed by atoms with van der Waals surface area (Å²) in [6.45, 7) is 0. The number of fused-ring (bicyclic) bond motifs is 16. The van der Waals surface area contributed by atoms with Gasteiger partial charge in [-0.3, -0.25) is 0 Å². The lowest BCUT2D eigenvalue weighted by atomic mass is 9.70. The maximum Gasteiger partial charge on any atom is 0.164 e. The molecular weight excluding hydrogens is 843 g/mol. The van der Waals surface area contributed by atoms with E-state index in [9.17, 15) is 0 Å². The summed E-state index contributed by atoms with van der Waals surface area (Å²) in [4.78, 5) is 14.0. The highest BCUT2D eigenvalue weighted by Crippen LogP contribution is 2.64. The predicted molar refractivity (Wildman–Crippen MR) is 278 cm³/mol. The van der Waals surface area contributed by atoms with Crippen LogP contribution in [0.2, 0.25) is 0 Å². The summed E-state index contributed by atoms with van der Waals surface area (Å²) in [6, 6.07) is 50.6. The van der Waals surface area contributed by atoms with Crippen molar-refractivity contribution in [3.05, 3.63) is 246 Å². The zero-order valence-corrected chi connectivity index (χ0v) is 36.2. The molecule has 13 aromatic rings. The minimum Gasteiger partial charge on any atom is -0.456 e. The maximum atomic E-state index is 8.85. The molecule has 5 heteroatoms. The van der Waals surface area contributed by atoms with E-state index in [4.69, 9.17) is 32.5 Å². The third-order valence-corrected chi connectivity index (χ3v) is 14.0. The molecule has 0 saturated carbocycles. The van der Waals surface area contributed by atoms with Crippen LogP contribution in [0.1, 0.15) is 36.0 Å². The fourth-order valence-electron chi connectivity index (χ4n) is 11.2. The van der Waals surface area contributed by atoms with Crippen LogP contribution in [-0.2, 0) is 5.41 Å². The van der Waals surface area contributed by atoms with Gasteiger partial charge in [-0.05, 0) is 103 Å². The molecule has 320 valence electrons. The van der Waals surface area contributed by atoms with Gasteiger partial charge in [0.2, 0.25) is 0 Å². The number of rotatable bonds is 5. The SMILES string of the molecule is [2H]c1c([2H])c([2H])c(-c2nc(-c3c([2H])c([2H])c([2H])c([2H])c3[2H])nc(-c3cccc4oc5ccc(-c6cccc7oc8ccc(-c9cccc%10c9-c9ccccc9C%109c%10ccccc%10-c%10ccccc%109)cc8c67)cc5c34)n2)c([2H])c1[2H]. The lowest BCUT2D eigenvalue weighted by Crippen LogP contribution is -2.25. The number of furan rings is 2. The largest absolute Gasteiger partial charge is 0.456 e. The number of hydrogen-bond acceptors (Lipinski definition) is 5. The molecule has 0 radical (unpaired) electrons. The Hall–Kier alpha value is -9.19. The first-order valence-electron chi connectivity index (χ1n) is 27.6. The molecule has 10 aromatic carbocycles. The molecule has 0 fully saturated rings. The van der Waals surface area contributed by atoms with Crippen LogP contribution in [0, 0.1) is 0 Å². The van der Waals surface area contributed by atoms with Crippen LogP contribution in [0.4, 0.5) is 0 Å². The first-order chi connectivity index (χ1) is 38.3. The zero-order chi connectivity index (χ0) is 53.9. The maximum absolute atomic E-state index is 8.85. The lowest BCUT2D eigenvalue weighted by molar-refractivity contribution is 0.669. The lowest BCUT2D eigenvalue weighted by Gasteiger charge is -2.30. The van der Waals surface area contributed by atoms with Gasteiger partial charge in [0.15, 0.2) is 17.5 Å². The van der Waals surface area contributed by atoms with Gasteiger partial charge in [-0.1, -0.05) is 188 Å². The van der Waals surface area contributed by atoms with Gasteiger partial charge in [0.25, 0.3) is 0 Å². The second kappa shape index (κ2) is 14.4. The van der Waals surface area contributed by atoms with Crippen LogP contribution < -0.4 is 0 Å². The van der Waals surface area contributed by atoms with Crippen molar-refractivity contribution < 1.29 is 22.5 Å². The zero-order valence-electron chi connectivity index (χ0n) is 46.2. The van der Waals surface area contributed by atoms with Crippen molar-refractivity contribution in [3.63, 3.8) is 0 Å². The fourth-order valence-corrected chi connectivity index (χ4v) is 11.2. The second-order valence-corrected chi connectivity index (χ2v) is 17.4. The van der Waals surface area contributed by atoms with Crippen LogP contribution in [0.5, 0.6) is 0 Å². The molecule has 3 heterocycles. The summed E-state index contributed by atoms with van der Waals surface area (Å²) in [5, 5.41) is 3.09. The van der Waals surface area contributed by atoms with Gasteiger partial charge in [-0.15, -0.1) is 0 Å². The highest BCUT2D eigenvalue weighted by Gasteiger charge is 2.52. The monoisotopic (exact) mass is 889 g/mol. The van der Waals surface area contributed by atoms with Crippen LogP contribution in [0.15, 0.2) is 233 Å². The Bertz CT molecular complexity index is 4700. The molecule has 1 spiro atoms. The quantitative estimate of drug-likeness (QED) is 0.172. The summed E-state index contributed by atoms with van der Waals surface area (Å²) in [7, 11) is 0. The second-order valence-electron chi connectivity index (χ2n) is 17.4. The first-order valence-corrected chi connectivity index (χ1v) is 22.6.